The van der Waals surface area contributed by atoms with Crippen LogP contribution in [0, 0.1) is 20.8 Å². The standard InChI is InChI=1S/C12H14N2S/c1-7-4-5-10(12(13)8(7)2)11-6-15-9(3)14-11/h4-6H,13H2,1-3H3. The number of anilines is 1. The topological polar surface area (TPSA) is 38.9 Å². The normalized spacial score (nSPS) is 10.6. The summed E-state index contributed by atoms with van der Waals surface area (Å²) in [5, 5.41) is 3.12. The first-order chi connectivity index (χ1) is 7.09. The first-order valence-corrected chi connectivity index (χ1v) is 5.75. The third kappa shape index (κ3) is 1.75. The smallest absolute Gasteiger partial charge is 0.0901 e. The zero-order valence-corrected chi connectivity index (χ0v) is 9.98. The fraction of sp³-hybridized carbons (Fsp3) is 0.250. The summed E-state index contributed by atoms with van der Waals surface area (Å²) in [6.07, 6.45) is 0. The number of benzene rings is 1. The van der Waals surface area contributed by atoms with Crippen LogP contribution >= 0.6 is 11.3 Å². The summed E-state index contributed by atoms with van der Waals surface area (Å²) in [5.41, 5.74) is 11.3. The lowest BCUT2D eigenvalue weighted by atomic mass is 10.0. The molecule has 3 heteroatoms. The number of aromatic nitrogens is 1. The van der Waals surface area contributed by atoms with Crippen LogP contribution in [-0.4, -0.2) is 4.98 Å². The Morgan fingerprint density at radius 2 is 1.93 bits per heavy atom. The van der Waals surface area contributed by atoms with Crippen molar-refractivity contribution in [2.45, 2.75) is 20.8 Å². The first kappa shape index (κ1) is 10.2. The summed E-state index contributed by atoms with van der Waals surface area (Å²) in [7, 11) is 0. The molecule has 1 heterocycles. The molecule has 1 aromatic heterocycles. The highest BCUT2D eigenvalue weighted by molar-refractivity contribution is 7.09. The summed E-state index contributed by atoms with van der Waals surface area (Å²) >= 11 is 1.65. The van der Waals surface area contributed by atoms with Gasteiger partial charge in [0.15, 0.2) is 0 Å². The van der Waals surface area contributed by atoms with E-state index in [1.54, 1.807) is 11.3 Å². The molecule has 15 heavy (non-hydrogen) atoms. The molecule has 0 aliphatic rings. The average Bonchev–Trinajstić information content (AvgIpc) is 2.61. The van der Waals surface area contributed by atoms with Crippen LogP contribution in [0.15, 0.2) is 17.5 Å². The minimum atomic E-state index is 0.848. The molecular weight excluding hydrogens is 204 g/mol. The number of nitrogens with two attached hydrogens (primary N) is 1. The van der Waals surface area contributed by atoms with Crippen molar-refractivity contribution in [1.82, 2.24) is 4.98 Å². The van der Waals surface area contributed by atoms with Crippen LogP contribution in [-0.2, 0) is 0 Å². The van der Waals surface area contributed by atoms with Crippen LogP contribution in [0.3, 0.4) is 0 Å². The third-order valence-electron chi connectivity index (χ3n) is 2.68. The molecule has 0 fully saturated rings. The molecule has 0 atom stereocenters. The largest absolute Gasteiger partial charge is 0.398 e. The Morgan fingerprint density at radius 1 is 1.20 bits per heavy atom. The van der Waals surface area contributed by atoms with Gasteiger partial charge in [0, 0.05) is 16.6 Å². The predicted octanol–water partition coefficient (Wildman–Crippen LogP) is 3.32. The van der Waals surface area contributed by atoms with Crippen molar-refractivity contribution >= 4 is 17.0 Å². The van der Waals surface area contributed by atoms with Gasteiger partial charge in [-0.05, 0) is 31.9 Å². The Bertz CT molecular complexity index is 500. The molecule has 2 rings (SSSR count). The average molecular weight is 218 g/mol. The molecule has 2 N–H and O–H groups in total. The van der Waals surface area contributed by atoms with Crippen LogP contribution < -0.4 is 5.73 Å². The highest BCUT2D eigenvalue weighted by Crippen LogP contribution is 2.30. The van der Waals surface area contributed by atoms with E-state index in [1.165, 1.54) is 5.56 Å². The lowest BCUT2D eigenvalue weighted by Crippen LogP contribution is -1.96. The highest BCUT2D eigenvalue weighted by atomic mass is 32.1. The van der Waals surface area contributed by atoms with Gasteiger partial charge >= 0.3 is 0 Å². The van der Waals surface area contributed by atoms with Gasteiger partial charge in [0.25, 0.3) is 0 Å². The maximum absolute atomic E-state index is 6.09. The number of nitrogens with zero attached hydrogens (tertiary/aromatic N) is 1. The molecule has 0 saturated carbocycles. The maximum atomic E-state index is 6.09. The summed E-state index contributed by atoms with van der Waals surface area (Å²) < 4.78 is 0. The fourth-order valence-corrected chi connectivity index (χ4v) is 2.16. The minimum absolute atomic E-state index is 0.848. The summed E-state index contributed by atoms with van der Waals surface area (Å²) in [5.74, 6) is 0. The first-order valence-electron chi connectivity index (χ1n) is 4.88. The lowest BCUT2D eigenvalue weighted by Gasteiger charge is -2.08. The summed E-state index contributed by atoms with van der Waals surface area (Å²) in [6, 6.07) is 4.14. The van der Waals surface area contributed by atoms with E-state index in [0.717, 1.165) is 27.5 Å². The molecule has 0 radical (unpaired) electrons. The van der Waals surface area contributed by atoms with Crippen molar-refractivity contribution in [3.63, 3.8) is 0 Å². The zero-order chi connectivity index (χ0) is 11.0. The van der Waals surface area contributed by atoms with Gasteiger partial charge in [-0.1, -0.05) is 12.1 Å². The van der Waals surface area contributed by atoms with Crippen LogP contribution in [0.2, 0.25) is 0 Å². The molecule has 0 saturated heterocycles. The van der Waals surface area contributed by atoms with Crippen molar-refractivity contribution in [1.29, 1.82) is 0 Å². The third-order valence-corrected chi connectivity index (χ3v) is 3.45. The zero-order valence-electron chi connectivity index (χ0n) is 9.16. The Hall–Kier alpha value is -1.35. The van der Waals surface area contributed by atoms with Crippen LogP contribution in [0.25, 0.3) is 11.3 Å². The van der Waals surface area contributed by atoms with Gasteiger partial charge < -0.3 is 5.73 Å². The van der Waals surface area contributed by atoms with Gasteiger partial charge in [0.05, 0.1) is 10.7 Å². The van der Waals surface area contributed by atoms with Gasteiger partial charge in [0.2, 0.25) is 0 Å². The van der Waals surface area contributed by atoms with Crippen molar-refractivity contribution < 1.29 is 0 Å². The van der Waals surface area contributed by atoms with E-state index < -0.39 is 0 Å². The molecule has 0 aliphatic carbocycles. The molecule has 2 nitrogen and oxygen atoms in total. The quantitative estimate of drug-likeness (QED) is 0.746. The maximum Gasteiger partial charge on any atom is 0.0901 e. The molecule has 1 aromatic carbocycles. The van der Waals surface area contributed by atoms with E-state index in [-0.39, 0.29) is 0 Å². The van der Waals surface area contributed by atoms with Crippen LogP contribution in [0.4, 0.5) is 5.69 Å². The number of hydrogen-bond acceptors (Lipinski definition) is 3. The van der Waals surface area contributed by atoms with E-state index >= 15 is 0 Å². The van der Waals surface area contributed by atoms with Crippen molar-refractivity contribution in [2.24, 2.45) is 0 Å². The number of nitrogen functional groups attached to an aromatic ring is 1. The van der Waals surface area contributed by atoms with E-state index in [2.05, 4.69) is 23.4 Å². The second kappa shape index (κ2) is 3.66. The Kier molecular flexibility index (Phi) is 2.49. The molecule has 0 aliphatic heterocycles. The van der Waals surface area contributed by atoms with Crippen molar-refractivity contribution in [2.75, 3.05) is 5.73 Å². The summed E-state index contributed by atoms with van der Waals surface area (Å²) in [6.45, 7) is 6.13. The Balaban J connectivity index is 2.59. The highest BCUT2D eigenvalue weighted by Gasteiger charge is 2.08. The van der Waals surface area contributed by atoms with E-state index in [0.29, 0.717) is 0 Å². The number of aryl methyl sites for hydroxylation is 2. The molecule has 0 bridgehead atoms. The number of rotatable bonds is 1. The van der Waals surface area contributed by atoms with E-state index in [1.807, 2.05) is 19.9 Å². The Morgan fingerprint density at radius 3 is 2.53 bits per heavy atom. The van der Waals surface area contributed by atoms with Crippen molar-refractivity contribution in [3.05, 3.63) is 33.6 Å². The molecular formula is C12H14N2S. The Labute approximate surface area is 93.8 Å². The van der Waals surface area contributed by atoms with Crippen LogP contribution in [0.1, 0.15) is 16.1 Å². The van der Waals surface area contributed by atoms with Gasteiger partial charge in [-0.2, -0.15) is 0 Å². The SMILES string of the molecule is Cc1nc(-c2ccc(C)c(C)c2N)cs1. The minimum Gasteiger partial charge on any atom is -0.398 e. The second-order valence-electron chi connectivity index (χ2n) is 3.72. The fourth-order valence-electron chi connectivity index (χ4n) is 1.55. The summed E-state index contributed by atoms with van der Waals surface area (Å²) in [4.78, 5) is 4.45. The monoisotopic (exact) mass is 218 g/mol. The van der Waals surface area contributed by atoms with E-state index in [4.69, 9.17) is 5.73 Å². The lowest BCUT2D eigenvalue weighted by molar-refractivity contribution is 1.28. The predicted molar refractivity (Wildman–Crippen MR) is 66.2 cm³/mol. The van der Waals surface area contributed by atoms with Gasteiger partial charge in [0.1, 0.15) is 0 Å². The number of thiazole rings is 1. The van der Waals surface area contributed by atoms with Crippen molar-refractivity contribution in [3.8, 4) is 11.3 Å². The van der Waals surface area contributed by atoms with Crippen LogP contribution in [0.5, 0.6) is 0 Å². The van der Waals surface area contributed by atoms with Gasteiger partial charge in [-0.15, -0.1) is 11.3 Å². The molecule has 0 spiro atoms. The molecule has 0 unspecified atom stereocenters. The molecule has 78 valence electrons. The molecule has 0 amide bonds. The van der Waals surface area contributed by atoms with Gasteiger partial charge in [-0.3, -0.25) is 0 Å². The number of hydrogen-bond donors (Lipinski definition) is 1. The second-order valence-corrected chi connectivity index (χ2v) is 4.78. The molecule has 2 aromatic rings. The van der Waals surface area contributed by atoms with E-state index in [9.17, 15) is 0 Å². The van der Waals surface area contributed by atoms with Gasteiger partial charge in [-0.25, -0.2) is 4.98 Å².